The Balaban J connectivity index is 1.60. The summed E-state index contributed by atoms with van der Waals surface area (Å²) in [5.74, 6) is 2.44. The number of rotatable bonds is 9. The van der Waals surface area contributed by atoms with E-state index in [2.05, 4.69) is 46.0 Å². The van der Waals surface area contributed by atoms with Crippen molar-refractivity contribution in [1.29, 1.82) is 0 Å². The number of aryl methyl sites for hydroxylation is 2. The lowest BCUT2D eigenvalue weighted by Gasteiger charge is -2.18. The van der Waals surface area contributed by atoms with E-state index in [9.17, 15) is 4.79 Å². The molecule has 0 bridgehead atoms. The van der Waals surface area contributed by atoms with Crippen molar-refractivity contribution in [3.8, 4) is 17.2 Å². The van der Waals surface area contributed by atoms with E-state index in [0.717, 1.165) is 17.0 Å². The van der Waals surface area contributed by atoms with Gasteiger partial charge in [-0.25, -0.2) is 4.79 Å². The number of hydrogen-bond acceptors (Lipinski definition) is 6. The first-order valence-corrected chi connectivity index (χ1v) is 13.3. The van der Waals surface area contributed by atoms with Gasteiger partial charge in [0, 0.05) is 34.7 Å². The quantitative estimate of drug-likeness (QED) is 0.224. The van der Waals surface area contributed by atoms with Crippen LogP contribution in [0.5, 0.6) is 11.5 Å². The number of thioether (sulfide) groups is 1. The molecule has 38 heavy (non-hydrogen) atoms. The molecule has 2 amide bonds. The van der Waals surface area contributed by atoms with Crippen molar-refractivity contribution in [3.05, 3.63) is 88.2 Å². The highest BCUT2D eigenvalue weighted by Crippen LogP contribution is 2.31. The number of halogens is 1. The minimum Gasteiger partial charge on any atom is -0.497 e. The Hall–Kier alpha value is -3.69. The van der Waals surface area contributed by atoms with E-state index in [4.69, 9.17) is 21.1 Å². The van der Waals surface area contributed by atoms with Gasteiger partial charge in [-0.3, -0.25) is 4.57 Å². The molecule has 1 atom stereocenters. The molecule has 1 unspecified atom stereocenters. The van der Waals surface area contributed by atoms with Crippen molar-refractivity contribution in [3.63, 3.8) is 0 Å². The van der Waals surface area contributed by atoms with Crippen molar-refractivity contribution in [2.75, 3.05) is 19.5 Å². The molecule has 4 aromatic rings. The predicted octanol–water partition coefficient (Wildman–Crippen LogP) is 6.73. The Bertz CT molecular complexity index is 1420. The number of amides is 2. The molecular weight excluding hydrogens is 522 g/mol. The van der Waals surface area contributed by atoms with Crippen LogP contribution < -0.4 is 20.1 Å². The molecule has 10 heteroatoms. The van der Waals surface area contributed by atoms with E-state index < -0.39 is 12.1 Å². The standard InChI is InChI=1S/C28H30ClN5O3S/c1-17-7-6-8-20(11-17)16-38-28-33-32-26(34(28)25-12-21(29)10-9-18(25)2)19(3)30-27(35)31-22-13-23(36-4)15-24(14-22)37-5/h6-15,19H,16H2,1-5H3,(H2,30,31,35). The molecule has 0 saturated heterocycles. The van der Waals surface area contributed by atoms with Crippen LogP contribution in [0.4, 0.5) is 10.5 Å². The largest absolute Gasteiger partial charge is 0.497 e. The van der Waals surface area contributed by atoms with Crippen LogP contribution in [-0.4, -0.2) is 35.0 Å². The summed E-state index contributed by atoms with van der Waals surface area (Å²) < 4.78 is 12.5. The lowest BCUT2D eigenvalue weighted by Crippen LogP contribution is -2.32. The molecule has 198 valence electrons. The number of carbonyl (C=O) groups is 1. The smallest absolute Gasteiger partial charge is 0.319 e. The average Bonchev–Trinajstić information content (AvgIpc) is 3.32. The zero-order valence-electron chi connectivity index (χ0n) is 21.9. The first-order chi connectivity index (χ1) is 18.3. The highest BCUT2D eigenvalue weighted by molar-refractivity contribution is 7.98. The van der Waals surface area contributed by atoms with Gasteiger partial charge in [-0.1, -0.05) is 59.3 Å². The van der Waals surface area contributed by atoms with E-state index >= 15 is 0 Å². The highest BCUT2D eigenvalue weighted by atomic mass is 35.5. The maximum absolute atomic E-state index is 12.9. The second kappa shape index (κ2) is 12.2. The molecule has 0 aliphatic heterocycles. The van der Waals surface area contributed by atoms with Crippen LogP contribution in [-0.2, 0) is 5.75 Å². The van der Waals surface area contributed by atoms with Crippen molar-refractivity contribution in [1.82, 2.24) is 20.1 Å². The Labute approximate surface area is 231 Å². The molecule has 0 aliphatic rings. The van der Waals surface area contributed by atoms with Gasteiger partial charge in [-0.15, -0.1) is 10.2 Å². The van der Waals surface area contributed by atoms with Crippen LogP contribution in [0.3, 0.4) is 0 Å². The first kappa shape index (κ1) is 27.3. The van der Waals surface area contributed by atoms with Crippen molar-refractivity contribution in [2.45, 2.75) is 37.7 Å². The van der Waals surface area contributed by atoms with E-state index in [1.165, 1.54) is 11.1 Å². The van der Waals surface area contributed by atoms with Crippen molar-refractivity contribution in [2.24, 2.45) is 0 Å². The number of anilines is 1. The number of hydrogen-bond donors (Lipinski definition) is 2. The number of nitrogens with one attached hydrogen (secondary N) is 2. The number of carbonyl (C=O) groups excluding carboxylic acids is 1. The van der Waals surface area contributed by atoms with Crippen LogP contribution >= 0.6 is 23.4 Å². The SMILES string of the molecule is COc1cc(NC(=O)NC(C)c2nnc(SCc3cccc(C)c3)n2-c2cc(Cl)ccc2C)cc(OC)c1. The summed E-state index contributed by atoms with van der Waals surface area (Å²) in [6.07, 6.45) is 0. The van der Waals surface area contributed by atoms with Gasteiger partial charge in [0.25, 0.3) is 0 Å². The molecule has 1 heterocycles. The van der Waals surface area contributed by atoms with Crippen LogP contribution in [0.25, 0.3) is 5.69 Å². The zero-order valence-corrected chi connectivity index (χ0v) is 23.5. The van der Waals surface area contributed by atoms with Crippen molar-refractivity contribution < 1.29 is 14.3 Å². The zero-order chi connectivity index (χ0) is 27.2. The molecule has 0 radical (unpaired) electrons. The third kappa shape index (κ3) is 6.59. The fourth-order valence-electron chi connectivity index (χ4n) is 3.96. The monoisotopic (exact) mass is 551 g/mol. The molecule has 1 aromatic heterocycles. The van der Waals surface area contributed by atoms with Gasteiger partial charge in [-0.2, -0.15) is 0 Å². The number of ether oxygens (including phenoxy) is 2. The lowest BCUT2D eigenvalue weighted by molar-refractivity contribution is 0.248. The third-order valence-corrected chi connectivity index (χ3v) is 7.10. The number of aromatic nitrogens is 3. The summed E-state index contributed by atoms with van der Waals surface area (Å²) in [7, 11) is 3.11. The maximum atomic E-state index is 12.9. The van der Waals surface area contributed by atoms with Crippen molar-refractivity contribution >= 4 is 35.1 Å². The molecule has 3 aromatic carbocycles. The number of benzene rings is 3. The summed E-state index contributed by atoms with van der Waals surface area (Å²) in [6.45, 7) is 5.94. The van der Waals surface area contributed by atoms with Crippen LogP contribution in [0.1, 0.15) is 35.5 Å². The second-order valence-corrected chi connectivity index (χ2v) is 10.2. The van der Waals surface area contributed by atoms with Crippen LogP contribution in [0.15, 0.2) is 65.8 Å². The Morgan fingerprint density at radius 3 is 2.45 bits per heavy atom. The molecule has 0 aliphatic carbocycles. The average molecular weight is 552 g/mol. The van der Waals surface area contributed by atoms with Gasteiger partial charge >= 0.3 is 6.03 Å². The lowest BCUT2D eigenvalue weighted by atomic mass is 10.2. The summed E-state index contributed by atoms with van der Waals surface area (Å²) in [5, 5.41) is 16.1. The topological polar surface area (TPSA) is 90.3 Å². The van der Waals surface area contributed by atoms with Crippen LogP contribution in [0.2, 0.25) is 5.02 Å². The Morgan fingerprint density at radius 1 is 1.03 bits per heavy atom. The first-order valence-electron chi connectivity index (χ1n) is 12.0. The summed E-state index contributed by atoms with van der Waals surface area (Å²) in [5.41, 5.74) is 4.79. The minimum absolute atomic E-state index is 0.404. The molecule has 4 rings (SSSR count). The van der Waals surface area contributed by atoms with Crippen LogP contribution in [0, 0.1) is 13.8 Å². The fourth-order valence-corrected chi connectivity index (χ4v) is 5.02. The number of methoxy groups -OCH3 is 2. The van der Waals surface area contributed by atoms with Gasteiger partial charge in [0.1, 0.15) is 11.5 Å². The van der Waals surface area contributed by atoms with Gasteiger partial charge in [0.15, 0.2) is 11.0 Å². The summed E-state index contributed by atoms with van der Waals surface area (Å²) in [4.78, 5) is 12.9. The molecular formula is C28H30ClN5O3S. The van der Waals surface area contributed by atoms with E-state index in [1.54, 1.807) is 44.2 Å². The number of nitrogens with zero attached hydrogens (tertiary/aromatic N) is 3. The highest BCUT2D eigenvalue weighted by Gasteiger charge is 2.22. The molecule has 0 spiro atoms. The van der Waals surface area contributed by atoms with Gasteiger partial charge in [0.05, 0.1) is 25.9 Å². The molecule has 2 N–H and O–H groups in total. The molecule has 0 fully saturated rings. The Morgan fingerprint density at radius 2 is 1.76 bits per heavy atom. The third-order valence-electron chi connectivity index (χ3n) is 5.87. The maximum Gasteiger partial charge on any atom is 0.319 e. The fraction of sp³-hybridized carbons (Fsp3) is 0.250. The van der Waals surface area contributed by atoms with E-state index in [0.29, 0.717) is 33.2 Å². The van der Waals surface area contributed by atoms with Gasteiger partial charge < -0.3 is 20.1 Å². The second-order valence-electron chi connectivity index (χ2n) is 8.81. The molecule has 0 saturated carbocycles. The van der Waals surface area contributed by atoms with Gasteiger partial charge in [-0.05, 0) is 44.0 Å². The van der Waals surface area contributed by atoms with E-state index in [1.807, 2.05) is 42.7 Å². The minimum atomic E-state index is -0.471. The Kier molecular flexibility index (Phi) is 8.81. The number of urea groups is 1. The molecule has 8 nitrogen and oxygen atoms in total. The van der Waals surface area contributed by atoms with E-state index in [-0.39, 0.29) is 0 Å². The predicted molar refractivity (Wildman–Crippen MR) is 152 cm³/mol. The van der Waals surface area contributed by atoms with Gasteiger partial charge in [0.2, 0.25) is 0 Å². The normalized spacial score (nSPS) is 11.6. The summed E-state index contributed by atoms with van der Waals surface area (Å²) in [6, 6.07) is 18.3. The summed E-state index contributed by atoms with van der Waals surface area (Å²) >= 11 is 7.95.